The van der Waals surface area contributed by atoms with Crippen LogP contribution in [0, 0.1) is 5.82 Å². The third kappa shape index (κ3) is 4.17. The molecular formula is C16H14FN3O2. The molecule has 0 bridgehead atoms. The lowest BCUT2D eigenvalue weighted by Gasteiger charge is -2.08. The van der Waals surface area contributed by atoms with Crippen molar-refractivity contribution >= 4 is 23.7 Å². The van der Waals surface area contributed by atoms with Crippen LogP contribution >= 0.6 is 0 Å². The normalized spacial score (nSPS) is 10.4. The van der Waals surface area contributed by atoms with Gasteiger partial charge in [-0.05, 0) is 35.9 Å². The number of hydrogen-bond acceptors (Lipinski definition) is 2. The number of primary amides is 1. The summed E-state index contributed by atoms with van der Waals surface area (Å²) >= 11 is 0. The molecule has 2 aromatic rings. The number of amides is 3. The molecule has 2 aromatic carbocycles. The summed E-state index contributed by atoms with van der Waals surface area (Å²) in [5.41, 5.74) is 6.36. The number of halogens is 1. The van der Waals surface area contributed by atoms with E-state index < -0.39 is 11.9 Å². The van der Waals surface area contributed by atoms with Crippen LogP contribution in [0.3, 0.4) is 0 Å². The second-order valence-electron chi connectivity index (χ2n) is 4.40. The number of carbonyl (C=O) groups is 2. The fraction of sp³-hybridized carbons (Fsp3) is 0. The van der Waals surface area contributed by atoms with Crippen molar-refractivity contribution in [2.24, 2.45) is 5.73 Å². The average molecular weight is 299 g/mol. The molecule has 112 valence electrons. The van der Waals surface area contributed by atoms with E-state index >= 15 is 0 Å². The highest BCUT2D eigenvalue weighted by Crippen LogP contribution is 2.13. The van der Waals surface area contributed by atoms with Gasteiger partial charge >= 0.3 is 6.03 Å². The number of benzene rings is 2. The Kier molecular flexibility index (Phi) is 4.87. The van der Waals surface area contributed by atoms with Crippen molar-refractivity contribution in [2.75, 3.05) is 5.32 Å². The maximum atomic E-state index is 13.0. The van der Waals surface area contributed by atoms with Gasteiger partial charge in [-0.2, -0.15) is 0 Å². The fourth-order valence-electron chi connectivity index (χ4n) is 1.79. The van der Waals surface area contributed by atoms with E-state index in [1.165, 1.54) is 24.4 Å². The molecule has 0 aliphatic rings. The molecule has 4 N–H and O–H groups in total. The first-order chi connectivity index (χ1) is 10.6. The highest BCUT2D eigenvalue weighted by atomic mass is 19.1. The molecule has 0 heterocycles. The van der Waals surface area contributed by atoms with Gasteiger partial charge in [-0.1, -0.05) is 24.3 Å². The number of rotatable bonds is 4. The fourth-order valence-corrected chi connectivity index (χ4v) is 1.79. The summed E-state index contributed by atoms with van der Waals surface area (Å²) < 4.78 is 13.0. The molecule has 0 aliphatic heterocycles. The Balaban J connectivity index is 1.98. The molecule has 0 unspecified atom stereocenters. The van der Waals surface area contributed by atoms with Crippen LogP contribution in [0.15, 0.2) is 54.7 Å². The van der Waals surface area contributed by atoms with Crippen LogP contribution in [0.5, 0.6) is 0 Å². The number of nitrogens with one attached hydrogen (secondary N) is 2. The molecule has 0 atom stereocenters. The molecule has 0 saturated heterocycles. The second kappa shape index (κ2) is 7.03. The zero-order valence-corrected chi connectivity index (χ0v) is 11.5. The molecule has 22 heavy (non-hydrogen) atoms. The van der Waals surface area contributed by atoms with Crippen LogP contribution in [0.4, 0.5) is 14.9 Å². The van der Waals surface area contributed by atoms with Crippen LogP contribution in [0.25, 0.3) is 6.08 Å². The lowest BCUT2D eigenvalue weighted by atomic mass is 10.1. The van der Waals surface area contributed by atoms with E-state index in [0.717, 1.165) is 0 Å². The van der Waals surface area contributed by atoms with Crippen LogP contribution in [0.1, 0.15) is 15.9 Å². The Hall–Kier alpha value is -3.15. The van der Waals surface area contributed by atoms with E-state index in [2.05, 4.69) is 10.6 Å². The molecule has 3 amide bonds. The minimum Gasteiger partial charge on any atom is -0.366 e. The number of carbonyl (C=O) groups excluding carboxylic acids is 2. The lowest BCUT2D eigenvalue weighted by Crippen LogP contribution is -2.25. The number of nitrogens with two attached hydrogens (primary N) is 1. The van der Waals surface area contributed by atoms with Crippen molar-refractivity contribution in [3.05, 3.63) is 71.7 Å². The first-order valence-electron chi connectivity index (χ1n) is 6.45. The highest BCUT2D eigenvalue weighted by molar-refractivity contribution is 6.02. The van der Waals surface area contributed by atoms with Crippen molar-refractivity contribution in [1.82, 2.24) is 5.32 Å². The van der Waals surface area contributed by atoms with Crippen molar-refractivity contribution in [2.45, 2.75) is 0 Å². The van der Waals surface area contributed by atoms with Gasteiger partial charge in [0.15, 0.2) is 0 Å². The first-order valence-corrected chi connectivity index (χ1v) is 6.45. The predicted molar refractivity (Wildman–Crippen MR) is 82.5 cm³/mol. The van der Waals surface area contributed by atoms with Gasteiger partial charge in [-0.25, -0.2) is 9.18 Å². The van der Waals surface area contributed by atoms with E-state index in [1.807, 2.05) is 0 Å². The third-order valence-corrected chi connectivity index (χ3v) is 2.78. The Labute approximate surface area is 126 Å². The number of urea groups is 1. The number of para-hydroxylation sites is 1. The van der Waals surface area contributed by atoms with Crippen LogP contribution in [-0.4, -0.2) is 11.9 Å². The summed E-state index contributed by atoms with van der Waals surface area (Å²) in [6, 6.07) is 11.8. The Morgan fingerprint density at radius 3 is 2.59 bits per heavy atom. The summed E-state index contributed by atoms with van der Waals surface area (Å²) in [5, 5.41) is 4.97. The van der Waals surface area contributed by atoms with Gasteiger partial charge in [0.2, 0.25) is 0 Å². The zero-order valence-electron chi connectivity index (χ0n) is 11.5. The number of hydrogen-bond donors (Lipinski definition) is 3. The second-order valence-corrected chi connectivity index (χ2v) is 4.40. The van der Waals surface area contributed by atoms with Crippen molar-refractivity contribution in [3.8, 4) is 0 Å². The third-order valence-electron chi connectivity index (χ3n) is 2.78. The van der Waals surface area contributed by atoms with Gasteiger partial charge in [-0.3, -0.25) is 4.79 Å². The van der Waals surface area contributed by atoms with Gasteiger partial charge in [-0.15, -0.1) is 0 Å². The molecule has 0 saturated carbocycles. The van der Waals surface area contributed by atoms with Crippen molar-refractivity contribution in [3.63, 3.8) is 0 Å². The lowest BCUT2D eigenvalue weighted by molar-refractivity contribution is 0.100. The van der Waals surface area contributed by atoms with E-state index in [4.69, 9.17) is 5.73 Å². The molecule has 0 aliphatic carbocycles. The quantitative estimate of drug-likeness (QED) is 0.811. The number of anilines is 1. The molecule has 6 heteroatoms. The monoisotopic (exact) mass is 299 g/mol. The smallest absolute Gasteiger partial charge is 0.323 e. The summed E-state index contributed by atoms with van der Waals surface area (Å²) in [6.07, 6.45) is 2.92. The molecule has 5 nitrogen and oxygen atoms in total. The Morgan fingerprint density at radius 1 is 1.09 bits per heavy atom. The molecule has 0 radical (unpaired) electrons. The Bertz CT molecular complexity index is 729. The van der Waals surface area contributed by atoms with E-state index in [1.54, 1.807) is 36.4 Å². The van der Waals surface area contributed by atoms with Gasteiger partial charge in [0.05, 0.1) is 11.3 Å². The minimum atomic E-state index is -0.633. The van der Waals surface area contributed by atoms with Crippen LogP contribution in [-0.2, 0) is 0 Å². The summed E-state index contributed by atoms with van der Waals surface area (Å²) in [7, 11) is 0. The predicted octanol–water partition coefficient (Wildman–Crippen LogP) is 2.72. The van der Waals surface area contributed by atoms with E-state index in [9.17, 15) is 14.0 Å². The summed E-state index contributed by atoms with van der Waals surface area (Å²) in [6.45, 7) is 0. The molecule has 0 aromatic heterocycles. The SMILES string of the molecule is NC(=O)c1ccccc1NC(=O)N/C=C/c1cccc(F)c1. The molecule has 2 rings (SSSR count). The van der Waals surface area contributed by atoms with Gasteiger partial charge in [0, 0.05) is 6.20 Å². The highest BCUT2D eigenvalue weighted by Gasteiger charge is 2.08. The zero-order chi connectivity index (χ0) is 15.9. The van der Waals surface area contributed by atoms with Gasteiger partial charge < -0.3 is 16.4 Å². The topological polar surface area (TPSA) is 84.2 Å². The van der Waals surface area contributed by atoms with E-state index in [-0.39, 0.29) is 11.4 Å². The van der Waals surface area contributed by atoms with Crippen LogP contribution < -0.4 is 16.4 Å². The van der Waals surface area contributed by atoms with Gasteiger partial charge in [0.25, 0.3) is 5.91 Å². The Morgan fingerprint density at radius 2 is 1.86 bits per heavy atom. The van der Waals surface area contributed by atoms with Crippen LogP contribution in [0.2, 0.25) is 0 Å². The summed E-state index contributed by atoms with van der Waals surface area (Å²) in [5.74, 6) is -0.992. The minimum absolute atomic E-state index is 0.215. The molecule has 0 fully saturated rings. The largest absolute Gasteiger partial charge is 0.366 e. The average Bonchev–Trinajstić information content (AvgIpc) is 2.47. The van der Waals surface area contributed by atoms with Crippen molar-refractivity contribution in [1.29, 1.82) is 0 Å². The maximum Gasteiger partial charge on any atom is 0.323 e. The van der Waals surface area contributed by atoms with E-state index in [0.29, 0.717) is 11.3 Å². The van der Waals surface area contributed by atoms with Gasteiger partial charge in [0.1, 0.15) is 5.82 Å². The van der Waals surface area contributed by atoms with Crippen molar-refractivity contribution < 1.29 is 14.0 Å². The molecular weight excluding hydrogens is 285 g/mol. The standard InChI is InChI=1S/C16H14FN3O2/c17-12-5-3-4-11(10-12)8-9-19-16(22)20-14-7-2-1-6-13(14)15(18)21/h1-10H,(H2,18,21)(H2,19,20,22)/b9-8+. The maximum absolute atomic E-state index is 13.0. The first kappa shape index (κ1) is 15.2. The summed E-state index contributed by atoms with van der Waals surface area (Å²) in [4.78, 5) is 23.0. The molecule has 0 spiro atoms.